The Labute approximate surface area is 168 Å². The minimum absolute atomic E-state index is 0.0386. The number of carbonyl (C=O) groups excluding carboxylic acids is 2. The second-order valence-electron chi connectivity index (χ2n) is 6.73. The lowest BCUT2D eigenvalue weighted by Gasteiger charge is -2.21. The van der Waals surface area contributed by atoms with E-state index in [1.807, 2.05) is 55.5 Å². The van der Waals surface area contributed by atoms with Gasteiger partial charge in [0.1, 0.15) is 0 Å². The number of anilines is 2. The van der Waals surface area contributed by atoms with Gasteiger partial charge in [-0.3, -0.25) is 9.59 Å². The second-order valence-corrected chi connectivity index (χ2v) is 8.12. The lowest BCUT2D eigenvalue weighted by Crippen LogP contribution is -2.26. The fourth-order valence-corrected chi connectivity index (χ4v) is 4.09. The number of hydrogen-bond acceptors (Lipinski definition) is 3. The first kappa shape index (κ1) is 18.3. The summed E-state index contributed by atoms with van der Waals surface area (Å²) in [6, 6.07) is 23.4. The van der Waals surface area contributed by atoms with Crippen molar-refractivity contribution >= 4 is 35.0 Å². The lowest BCUT2D eigenvalue weighted by molar-refractivity contribution is -0.115. The summed E-state index contributed by atoms with van der Waals surface area (Å²) in [5.41, 5.74) is 4.24. The highest BCUT2D eigenvalue weighted by atomic mass is 32.2. The Morgan fingerprint density at radius 3 is 2.61 bits per heavy atom. The molecule has 4 rings (SSSR count). The Hall–Kier alpha value is -3.05. The van der Waals surface area contributed by atoms with E-state index in [9.17, 15) is 9.59 Å². The number of para-hydroxylation sites is 1. The number of hydrogen-bond donors (Lipinski definition) is 2. The fraction of sp³-hybridized carbons (Fsp3) is 0.130. The molecule has 3 aromatic carbocycles. The van der Waals surface area contributed by atoms with Gasteiger partial charge in [-0.15, -0.1) is 11.8 Å². The summed E-state index contributed by atoms with van der Waals surface area (Å²) in [5, 5.41) is 5.76. The molecule has 1 heterocycles. The maximum atomic E-state index is 12.8. The van der Waals surface area contributed by atoms with Crippen molar-refractivity contribution in [1.82, 2.24) is 0 Å². The van der Waals surface area contributed by atoms with Crippen LogP contribution in [0.2, 0.25) is 0 Å². The van der Waals surface area contributed by atoms with Gasteiger partial charge in [0.05, 0.1) is 10.9 Å². The zero-order chi connectivity index (χ0) is 19.5. The van der Waals surface area contributed by atoms with Crippen molar-refractivity contribution in [2.45, 2.75) is 23.5 Å². The van der Waals surface area contributed by atoms with E-state index < -0.39 is 0 Å². The van der Waals surface area contributed by atoms with Gasteiger partial charge in [0, 0.05) is 16.1 Å². The third-order valence-corrected chi connectivity index (χ3v) is 5.85. The van der Waals surface area contributed by atoms with Crippen molar-refractivity contribution in [3.05, 3.63) is 89.5 Å². The number of thioether (sulfide) groups is 1. The van der Waals surface area contributed by atoms with Crippen molar-refractivity contribution in [2.75, 3.05) is 10.6 Å². The molecule has 0 saturated heterocycles. The van der Waals surface area contributed by atoms with Gasteiger partial charge in [0.25, 0.3) is 5.91 Å². The smallest absolute Gasteiger partial charge is 0.255 e. The summed E-state index contributed by atoms with van der Waals surface area (Å²) in [5.74, 6) is -0.232. The molecule has 0 aromatic heterocycles. The highest BCUT2D eigenvalue weighted by Crippen LogP contribution is 2.36. The van der Waals surface area contributed by atoms with E-state index in [0.717, 1.165) is 22.6 Å². The molecule has 4 nitrogen and oxygen atoms in total. The highest BCUT2D eigenvalue weighted by Gasteiger charge is 2.23. The van der Waals surface area contributed by atoms with E-state index in [0.29, 0.717) is 11.3 Å². The average molecular weight is 388 g/mol. The quantitative estimate of drug-likeness (QED) is 0.664. The van der Waals surface area contributed by atoms with Crippen molar-refractivity contribution in [2.24, 2.45) is 0 Å². The first-order valence-electron chi connectivity index (χ1n) is 9.15. The van der Waals surface area contributed by atoms with Crippen LogP contribution in [0.15, 0.2) is 77.7 Å². The first-order chi connectivity index (χ1) is 13.6. The van der Waals surface area contributed by atoms with E-state index in [-0.39, 0.29) is 17.1 Å². The van der Waals surface area contributed by atoms with Gasteiger partial charge in [-0.2, -0.15) is 0 Å². The number of amides is 2. The SMILES string of the molecule is C[C@@H]1Sc2ccc(C(=O)Nc3ccccc3Cc3ccccc3)cc2NC1=O. The minimum atomic E-state index is -0.193. The Morgan fingerprint density at radius 2 is 1.79 bits per heavy atom. The highest BCUT2D eigenvalue weighted by molar-refractivity contribution is 8.00. The third-order valence-electron chi connectivity index (χ3n) is 4.68. The zero-order valence-electron chi connectivity index (χ0n) is 15.4. The molecule has 5 heteroatoms. The molecule has 0 bridgehead atoms. The largest absolute Gasteiger partial charge is 0.324 e. The van der Waals surface area contributed by atoms with Crippen LogP contribution in [0.3, 0.4) is 0 Å². The van der Waals surface area contributed by atoms with Gasteiger partial charge in [-0.05, 0) is 48.7 Å². The van der Waals surface area contributed by atoms with Gasteiger partial charge in [-0.1, -0.05) is 48.5 Å². The van der Waals surface area contributed by atoms with Crippen molar-refractivity contribution in [3.63, 3.8) is 0 Å². The van der Waals surface area contributed by atoms with E-state index in [1.165, 1.54) is 17.3 Å². The van der Waals surface area contributed by atoms with Crippen molar-refractivity contribution in [1.29, 1.82) is 0 Å². The minimum Gasteiger partial charge on any atom is -0.324 e. The number of carbonyl (C=O) groups is 2. The number of rotatable bonds is 4. The maximum Gasteiger partial charge on any atom is 0.255 e. The van der Waals surface area contributed by atoms with E-state index in [1.54, 1.807) is 12.1 Å². The topological polar surface area (TPSA) is 58.2 Å². The second kappa shape index (κ2) is 7.90. The van der Waals surface area contributed by atoms with E-state index in [2.05, 4.69) is 22.8 Å². The van der Waals surface area contributed by atoms with Crippen LogP contribution in [-0.2, 0) is 11.2 Å². The third kappa shape index (κ3) is 3.94. The molecular formula is C23H20N2O2S. The summed E-state index contributed by atoms with van der Waals surface area (Å²) < 4.78 is 0. The zero-order valence-corrected chi connectivity index (χ0v) is 16.3. The molecule has 0 saturated carbocycles. The molecule has 1 aliphatic rings. The Balaban J connectivity index is 1.55. The first-order valence-corrected chi connectivity index (χ1v) is 10.0. The lowest BCUT2D eigenvalue weighted by atomic mass is 10.0. The van der Waals surface area contributed by atoms with E-state index >= 15 is 0 Å². The van der Waals surface area contributed by atoms with Crippen LogP contribution < -0.4 is 10.6 Å². The Kier molecular flexibility index (Phi) is 5.17. The van der Waals surface area contributed by atoms with E-state index in [4.69, 9.17) is 0 Å². The molecule has 0 fully saturated rings. The summed E-state index contributed by atoms with van der Waals surface area (Å²) in [7, 11) is 0. The summed E-state index contributed by atoms with van der Waals surface area (Å²) >= 11 is 1.50. The number of fused-ring (bicyclic) bond motifs is 1. The Bertz CT molecular complexity index is 1030. The summed E-state index contributed by atoms with van der Waals surface area (Å²) in [6.45, 7) is 1.87. The van der Waals surface area contributed by atoms with Crippen LogP contribution >= 0.6 is 11.8 Å². The van der Waals surface area contributed by atoms with Crippen LogP contribution in [0.25, 0.3) is 0 Å². The van der Waals surface area contributed by atoms with Crippen LogP contribution in [-0.4, -0.2) is 17.1 Å². The maximum absolute atomic E-state index is 12.8. The molecule has 2 amide bonds. The van der Waals surface area contributed by atoms with Crippen LogP contribution in [0, 0.1) is 0 Å². The number of nitrogens with one attached hydrogen (secondary N) is 2. The van der Waals surface area contributed by atoms with Gasteiger partial charge in [0.15, 0.2) is 0 Å². The van der Waals surface area contributed by atoms with Crippen LogP contribution in [0.1, 0.15) is 28.4 Å². The monoisotopic (exact) mass is 388 g/mol. The predicted octanol–water partition coefficient (Wildman–Crippen LogP) is 4.96. The predicted molar refractivity (Wildman–Crippen MR) is 114 cm³/mol. The normalized spacial score (nSPS) is 15.5. The molecule has 28 heavy (non-hydrogen) atoms. The molecule has 1 aliphatic heterocycles. The molecule has 140 valence electrons. The molecule has 0 unspecified atom stereocenters. The molecule has 1 atom stereocenters. The van der Waals surface area contributed by atoms with Gasteiger partial charge >= 0.3 is 0 Å². The summed E-state index contributed by atoms with van der Waals surface area (Å²) in [4.78, 5) is 25.7. The number of benzene rings is 3. The fourth-order valence-electron chi connectivity index (χ4n) is 3.16. The molecule has 0 aliphatic carbocycles. The standard InChI is InChI=1S/C23H20N2O2S/c1-15-22(26)25-20-14-18(11-12-21(20)28-15)23(27)24-19-10-6-5-9-17(19)13-16-7-3-2-4-8-16/h2-12,14-15H,13H2,1H3,(H,24,27)(H,25,26)/t15-/m0/s1. The molecule has 0 spiro atoms. The molecular weight excluding hydrogens is 368 g/mol. The van der Waals surface area contributed by atoms with Crippen LogP contribution in [0.4, 0.5) is 11.4 Å². The molecule has 0 radical (unpaired) electrons. The molecule has 2 N–H and O–H groups in total. The van der Waals surface area contributed by atoms with Gasteiger partial charge in [0.2, 0.25) is 5.91 Å². The van der Waals surface area contributed by atoms with Gasteiger partial charge in [-0.25, -0.2) is 0 Å². The average Bonchev–Trinajstić information content (AvgIpc) is 2.71. The molecule has 3 aromatic rings. The van der Waals surface area contributed by atoms with Crippen molar-refractivity contribution < 1.29 is 9.59 Å². The summed E-state index contributed by atoms with van der Waals surface area (Å²) in [6.07, 6.45) is 0.742. The van der Waals surface area contributed by atoms with Gasteiger partial charge < -0.3 is 10.6 Å². The van der Waals surface area contributed by atoms with Crippen LogP contribution in [0.5, 0.6) is 0 Å². The Morgan fingerprint density at radius 1 is 1.04 bits per heavy atom. The van der Waals surface area contributed by atoms with Crippen molar-refractivity contribution in [3.8, 4) is 0 Å².